The first-order valence-corrected chi connectivity index (χ1v) is 5.35. The maximum Gasteiger partial charge on any atom is 0.573 e. The molecule has 0 aliphatic carbocycles. The molecular formula is C11H11F6NO2. The minimum atomic E-state index is -4.86. The second-order valence-corrected chi connectivity index (χ2v) is 4.02. The van der Waals surface area contributed by atoms with Gasteiger partial charge in [0.25, 0.3) is 0 Å². The number of benzene rings is 1. The van der Waals surface area contributed by atoms with E-state index >= 15 is 0 Å². The van der Waals surface area contributed by atoms with Gasteiger partial charge in [-0.2, -0.15) is 13.2 Å². The van der Waals surface area contributed by atoms with Crippen LogP contribution in [0.5, 0.6) is 5.75 Å². The van der Waals surface area contributed by atoms with E-state index in [1.807, 2.05) is 0 Å². The Morgan fingerprint density at radius 3 is 1.95 bits per heavy atom. The second-order valence-electron chi connectivity index (χ2n) is 4.02. The third kappa shape index (κ3) is 5.25. The molecular weight excluding hydrogens is 292 g/mol. The van der Waals surface area contributed by atoms with Gasteiger partial charge in [0.1, 0.15) is 11.8 Å². The van der Waals surface area contributed by atoms with Crippen LogP contribution in [-0.2, 0) is 0 Å². The van der Waals surface area contributed by atoms with Crippen LogP contribution in [0.1, 0.15) is 18.1 Å². The van der Waals surface area contributed by atoms with Gasteiger partial charge in [0, 0.05) is 6.42 Å². The van der Waals surface area contributed by atoms with Crippen molar-refractivity contribution in [3.63, 3.8) is 0 Å². The molecule has 1 aromatic rings. The molecule has 0 aliphatic heterocycles. The van der Waals surface area contributed by atoms with Gasteiger partial charge in [0.05, 0.1) is 6.10 Å². The first-order chi connectivity index (χ1) is 8.99. The molecule has 0 fully saturated rings. The highest BCUT2D eigenvalue weighted by molar-refractivity contribution is 5.28. The largest absolute Gasteiger partial charge is 0.573 e. The van der Waals surface area contributed by atoms with Crippen molar-refractivity contribution in [3.8, 4) is 5.75 Å². The number of hydrogen-bond acceptors (Lipinski definition) is 3. The van der Waals surface area contributed by atoms with Crippen LogP contribution in [-0.4, -0.2) is 23.7 Å². The number of aliphatic hydroxyl groups is 1. The van der Waals surface area contributed by atoms with Crippen LogP contribution in [0.15, 0.2) is 24.3 Å². The van der Waals surface area contributed by atoms with Gasteiger partial charge in [0.15, 0.2) is 0 Å². The molecule has 3 N–H and O–H groups in total. The standard InChI is InChI=1S/C11H11F6NO2/c12-10(13,14)9(18)5-8(19)6-1-3-7(4-2-6)20-11(15,16)17/h1-4,8-9,19H,5,18H2/t8-,9-/m1/s1. The van der Waals surface area contributed by atoms with Gasteiger partial charge >= 0.3 is 12.5 Å². The Labute approximate surface area is 109 Å². The summed E-state index contributed by atoms with van der Waals surface area (Å²) in [6, 6.07) is 1.64. The summed E-state index contributed by atoms with van der Waals surface area (Å²) in [5, 5.41) is 9.53. The van der Waals surface area contributed by atoms with Crippen LogP contribution in [0.3, 0.4) is 0 Å². The topological polar surface area (TPSA) is 55.5 Å². The number of halogens is 6. The summed E-state index contributed by atoms with van der Waals surface area (Å²) in [6.45, 7) is 0. The quantitative estimate of drug-likeness (QED) is 0.841. The minimum Gasteiger partial charge on any atom is -0.406 e. The monoisotopic (exact) mass is 303 g/mol. The average Bonchev–Trinajstić information content (AvgIpc) is 2.26. The lowest BCUT2D eigenvalue weighted by molar-refractivity contribution is -0.274. The Morgan fingerprint density at radius 2 is 1.55 bits per heavy atom. The van der Waals surface area contributed by atoms with E-state index in [1.54, 1.807) is 0 Å². The molecule has 114 valence electrons. The van der Waals surface area contributed by atoms with Crippen molar-refractivity contribution in [2.45, 2.75) is 31.1 Å². The lowest BCUT2D eigenvalue weighted by atomic mass is 10.0. The highest BCUT2D eigenvalue weighted by Crippen LogP contribution is 2.29. The lowest BCUT2D eigenvalue weighted by Gasteiger charge is -2.19. The van der Waals surface area contributed by atoms with Crippen LogP contribution >= 0.6 is 0 Å². The van der Waals surface area contributed by atoms with Crippen molar-refractivity contribution in [2.75, 3.05) is 0 Å². The van der Waals surface area contributed by atoms with Crippen molar-refractivity contribution in [3.05, 3.63) is 29.8 Å². The molecule has 0 bridgehead atoms. The highest BCUT2D eigenvalue weighted by atomic mass is 19.4. The van der Waals surface area contributed by atoms with Gasteiger partial charge in [-0.15, -0.1) is 13.2 Å². The number of hydrogen-bond donors (Lipinski definition) is 2. The molecule has 0 spiro atoms. The number of aliphatic hydroxyl groups excluding tert-OH is 1. The first-order valence-electron chi connectivity index (χ1n) is 5.35. The van der Waals surface area contributed by atoms with Gasteiger partial charge in [-0.3, -0.25) is 0 Å². The fourth-order valence-corrected chi connectivity index (χ4v) is 1.40. The predicted molar refractivity (Wildman–Crippen MR) is 56.7 cm³/mol. The SMILES string of the molecule is N[C@H](C[C@@H](O)c1ccc(OC(F)(F)F)cc1)C(F)(F)F. The van der Waals surface area contributed by atoms with Crippen molar-refractivity contribution >= 4 is 0 Å². The van der Waals surface area contributed by atoms with E-state index in [-0.39, 0.29) is 5.56 Å². The van der Waals surface area contributed by atoms with E-state index < -0.39 is 36.9 Å². The molecule has 0 saturated carbocycles. The number of rotatable bonds is 4. The third-order valence-electron chi connectivity index (χ3n) is 2.40. The first kappa shape index (κ1) is 16.6. The summed E-state index contributed by atoms with van der Waals surface area (Å²) in [7, 11) is 0. The van der Waals surface area contributed by atoms with Crippen LogP contribution in [0.4, 0.5) is 26.3 Å². The minimum absolute atomic E-state index is 0.0132. The number of ether oxygens (including phenoxy) is 1. The maximum atomic E-state index is 12.2. The van der Waals surface area contributed by atoms with Crippen LogP contribution < -0.4 is 10.5 Å². The molecule has 0 unspecified atom stereocenters. The van der Waals surface area contributed by atoms with Gasteiger partial charge < -0.3 is 15.6 Å². The number of alkyl halides is 6. The highest BCUT2D eigenvalue weighted by Gasteiger charge is 2.38. The zero-order valence-electron chi connectivity index (χ0n) is 9.87. The molecule has 1 rings (SSSR count). The van der Waals surface area contributed by atoms with Crippen molar-refractivity contribution in [1.29, 1.82) is 0 Å². The summed E-state index contributed by atoms with van der Waals surface area (Å²) >= 11 is 0. The zero-order valence-corrected chi connectivity index (χ0v) is 9.87. The normalized spacial score (nSPS) is 15.8. The molecule has 2 atom stereocenters. The molecule has 1 aromatic carbocycles. The Bertz CT molecular complexity index is 428. The molecule has 3 nitrogen and oxygen atoms in total. The summed E-state index contributed by atoms with van der Waals surface area (Å²) in [4.78, 5) is 0. The molecule has 0 aliphatic rings. The van der Waals surface area contributed by atoms with Crippen LogP contribution in [0.2, 0.25) is 0 Å². The van der Waals surface area contributed by atoms with Gasteiger partial charge in [-0.05, 0) is 17.7 Å². The van der Waals surface area contributed by atoms with E-state index in [4.69, 9.17) is 5.73 Å². The maximum absolute atomic E-state index is 12.2. The summed E-state index contributed by atoms with van der Waals surface area (Å²) in [5.74, 6) is -0.534. The van der Waals surface area contributed by atoms with Crippen molar-refractivity contribution < 1.29 is 36.2 Å². The Balaban J connectivity index is 2.69. The molecule has 20 heavy (non-hydrogen) atoms. The van der Waals surface area contributed by atoms with E-state index in [9.17, 15) is 31.4 Å². The second kappa shape index (κ2) is 5.88. The number of nitrogens with two attached hydrogens (primary N) is 1. The van der Waals surface area contributed by atoms with Crippen LogP contribution in [0.25, 0.3) is 0 Å². The van der Waals surface area contributed by atoms with Gasteiger partial charge in [-0.1, -0.05) is 12.1 Å². The predicted octanol–water partition coefficient (Wildman–Crippen LogP) is 2.90. The van der Waals surface area contributed by atoms with E-state index in [0.717, 1.165) is 24.3 Å². The van der Waals surface area contributed by atoms with Crippen molar-refractivity contribution in [1.82, 2.24) is 0 Å². The van der Waals surface area contributed by atoms with Gasteiger partial charge in [0.2, 0.25) is 0 Å². The van der Waals surface area contributed by atoms with Gasteiger partial charge in [-0.25, -0.2) is 0 Å². The van der Waals surface area contributed by atoms with Crippen LogP contribution in [0, 0.1) is 0 Å². The van der Waals surface area contributed by atoms with E-state index in [2.05, 4.69) is 4.74 Å². The molecule has 0 saturated heterocycles. The summed E-state index contributed by atoms with van der Waals surface area (Å²) in [6.07, 6.45) is -11.8. The molecule has 0 heterocycles. The third-order valence-corrected chi connectivity index (χ3v) is 2.40. The fraction of sp³-hybridized carbons (Fsp3) is 0.455. The fourth-order valence-electron chi connectivity index (χ4n) is 1.40. The molecule has 9 heteroatoms. The van der Waals surface area contributed by atoms with E-state index in [0.29, 0.717) is 0 Å². The molecule has 0 aromatic heterocycles. The summed E-state index contributed by atoms with van der Waals surface area (Å²) in [5.41, 5.74) is 4.86. The van der Waals surface area contributed by atoms with E-state index in [1.165, 1.54) is 0 Å². The molecule has 0 radical (unpaired) electrons. The zero-order chi connectivity index (χ0) is 15.6. The Kier molecular flexibility index (Phi) is 4.87. The lowest BCUT2D eigenvalue weighted by Crippen LogP contribution is -2.38. The average molecular weight is 303 g/mol. The Morgan fingerprint density at radius 1 is 1.05 bits per heavy atom. The summed E-state index contributed by atoms with van der Waals surface area (Å²) < 4.78 is 75.8. The Hall–Kier alpha value is -1.48. The molecule has 0 amide bonds. The smallest absolute Gasteiger partial charge is 0.406 e. The van der Waals surface area contributed by atoms with Crippen molar-refractivity contribution in [2.24, 2.45) is 5.73 Å².